The molecule has 1 aromatic carbocycles. The Morgan fingerprint density at radius 3 is 3.05 bits per heavy atom. The maximum absolute atomic E-state index is 12.2. The number of amides is 1. The van der Waals surface area contributed by atoms with Gasteiger partial charge in [0.1, 0.15) is 12.4 Å². The second kappa shape index (κ2) is 5.21. The molecule has 0 fully saturated rings. The number of nitrogens with one attached hydrogen (secondary N) is 1. The first kappa shape index (κ1) is 12.5. The maximum atomic E-state index is 12.2. The molecule has 102 valence electrons. The van der Waals surface area contributed by atoms with E-state index in [1.807, 2.05) is 43.5 Å². The molecule has 1 aromatic heterocycles. The average Bonchev–Trinajstić information content (AvgIpc) is 2.94. The number of ether oxygens (including phenoxy) is 1. The van der Waals surface area contributed by atoms with Crippen molar-refractivity contribution in [2.75, 3.05) is 11.9 Å². The van der Waals surface area contributed by atoms with Crippen LogP contribution in [0.25, 0.3) is 6.08 Å². The van der Waals surface area contributed by atoms with Crippen LogP contribution in [0.4, 0.5) is 5.82 Å². The van der Waals surface area contributed by atoms with Crippen LogP contribution in [0.2, 0.25) is 0 Å². The van der Waals surface area contributed by atoms with Crippen molar-refractivity contribution in [1.82, 2.24) is 9.78 Å². The first-order valence-corrected chi connectivity index (χ1v) is 6.53. The number of para-hydroxylation sites is 1. The number of aromatic nitrogens is 2. The van der Waals surface area contributed by atoms with E-state index in [1.165, 1.54) is 0 Å². The highest BCUT2D eigenvalue weighted by Crippen LogP contribution is 2.26. The lowest BCUT2D eigenvalue weighted by atomic mass is 10.1. The van der Waals surface area contributed by atoms with Gasteiger partial charge in [-0.3, -0.25) is 9.48 Å². The van der Waals surface area contributed by atoms with Gasteiger partial charge in [-0.15, -0.1) is 0 Å². The Hall–Kier alpha value is -2.56. The zero-order valence-corrected chi connectivity index (χ0v) is 11.2. The molecule has 20 heavy (non-hydrogen) atoms. The summed E-state index contributed by atoms with van der Waals surface area (Å²) >= 11 is 0. The van der Waals surface area contributed by atoms with Crippen LogP contribution in [0, 0.1) is 0 Å². The molecule has 0 radical (unpaired) electrons. The SMILES string of the molecule is CCn1ccc(NC(=O)C2=Cc3ccccc3OC2)n1. The molecule has 0 unspecified atom stereocenters. The smallest absolute Gasteiger partial charge is 0.256 e. The monoisotopic (exact) mass is 269 g/mol. The van der Waals surface area contributed by atoms with Crippen LogP contribution in [0.3, 0.4) is 0 Å². The normalized spacial score (nSPS) is 13.2. The third kappa shape index (κ3) is 2.42. The summed E-state index contributed by atoms with van der Waals surface area (Å²) < 4.78 is 7.33. The van der Waals surface area contributed by atoms with Crippen LogP contribution >= 0.6 is 0 Å². The summed E-state index contributed by atoms with van der Waals surface area (Å²) in [4.78, 5) is 12.2. The Balaban J connectivity index is 1.77. The number of anilines is 1. The van der Waals surface area contributed by atoms with Crippen molar-refractivity contribution < 1.29 is 9.53 Å². The van der Waals surface area contributed by atoms with E-state index in [-0.39, 0.29) is 12.5 Å². The number of nitrogens with zero attached hydrogens (tertiary/aromatic N) is 2. The third-order valence-corrected chi connectivity index (χ3v) is 3.13. The van der Waals surface area contributed by atoms with Crippen LogP contribution in [-0.4, -0.2) is 22.3 Å². The molecule has 0 aliphatic carbocycles. The molecule has 3 rings (SSSR count). The van der Waals surface area contributed by atoms with Gasteiger partial charge in [0.25, 0.3) is 5.91 Å². The van der Waals surface area contributed by atoms with Gasteiger partial charge in [0, 0.05) is 24.4 Å². The molecule has 5 heteroatoms. The lowest BCUT2D eigenvalue weighted by Gasteiger charge is -2.16. The first-order valence-electron chi connectivity index (χ1n) is 6.53. The molecule has 1 aliphatic heterocycles. The Morgan fingerprint density at radius 2 is 2.25 bits per heavy atom. The molecule has 2 aromatic rings. The minimum absolute atomic E-state index is 0.180. The fourth-order valence-electron chi connectivity index (χ4n) is 2.05. The van der Waals surface area contributed by atoms with Crippen molar-refractivity contribution in [2.45, 2.75) is 13.5 Å². The fourth-order valence-corrected chi connectivity index (χ4v) is 2.05. The molecule has 2 heterocycles. The number of benzene rings is 1. The van der Waals surface area contributed by atoms with E-state index in [2.05, 4.69) is 10.4 Å². The Kier molecular flexibility index (Phi) is 3.25. The Bertz CT molecular complexity index is 673. The van der Waals surface area contributed by atoms with Gasteiger partial charge in [0.15, 0.2) is 5.82 Å². The number of carbonyl (C=O) groups is 1. The molecule has 0 bridgehead atoms. The van der Waals surface area contributed by atoms with E-state index in [1.54, 1.807) is 10.7 Å². The molecule has 5 nitrogen and oxygen atoms in total. The Morgan fingerprint density at radius 1 is 1.40 bits per heavy atom. The minimum Gasteiger partial charge on any atom is -0.488 e. The van der Waals surface area contributed by atoms with E-state index in [0.717, 1.165) is 17.9 Å². The number of fused-ring (bicyclic) bond motifs is 1. The second-order valence-corrected chi connectivity index (χ2v) is 4.51. The molecule has 1 N–H and O–H groups in total. The van der Waals surface area contributed by atoms with Gasteiger partial charge in [0.2, 0.25) is 0 Å². The van der Waals surface area contributed by atoms with Gasteiger partial charge in [-0.25, -0.2) is 0 Å². The van der Waals surface area contributed by atoms with Crippen molar-refractivity contribution in [2.24, 2.45) is 0 Å². The van der Waals surface area contributed by atoms with Gasteiger partial charge >= 0.3 is 0 Å². The number of hydrogen-bond donors (Lipinski definition) is 1. The summed E-state index contributed by atoms with van der Waals surface area (Å²) in [6.07, 6.45) is 3.68. The van der Waals surface area contributed by atoms with E-state index in [4.69, 9.17) is 4.74 Å². The molecule has 1 aliphatic rings. The van der Waals surface area contributed by atoms with E-state index >= 15 is 0 Å². The van der Waals surface area contributed by atoms with E-state index in [9.17, 15) is 4.79 Å². The topological polar surface area (TPSA) is 56.2 Å². The molecule has 1 amide bonds. The second-order valence-electron chi connectivity index (χ2n) is 4.51. The highest BCUT2D eigenvalue weighted by atomic mass is 16.5. The van der Waals surface area contributed by atoms with Crippen LogP contribution in [0.1, 0.15) is 12.5 Å². The predicted octanol–water partition coefficient (Wildman–Crippen LogP) is 2.32. The Labute approximate surface area is 116 Å². The van der Waals surface area contributed by atoms with Gasteiger partial charge in [-0.1, -0.05) is 18.2 Å². The minimum atomic E-state index is -0.180. The van der Waals surface area contributed by atoms with Crippen molar-refractivity contribution in [3.63, 3.8) is 0 Å². The highest BCUT2D eigenvalue weighted by molar-refractivity contribution is 6.07. The predicted molar refractivity (Wildman–Crippen MR) is 76.4 cm³/mol. The van der Waals surface area contributed by atoms with Crippen molar-refractivity contribution in [1.29, 1.82) is 0 Å². The van der Waals surface area contributed by atoms with Crippen LogP contribution < -0.4 is 10.1 Å². The highest BCUT2D eigenvalue weighted by Gasteiger charge is 2.17. The summed E-state index contributed by atoms with van der Waals surface area (Å²) in [5, 5.41) is 7.00. The molecular formula is C15H15N3O2. The van der Waals surface area contributed by atoms with Gasteiger partial charge < -0.3 is 10.1 Å². The van der Waals surface area contributed by atoms with Crippen LogP contribution in [0.5, 0.6) is 5.75 Å². The fraction of sp³-hybridized carbons (Fsp3) is 0.200. The van der Waals surface area contributed by atoms with E-state index < -0.39 is 0 Å². The standard InChI is InChI=1S/C15H15N3O2/c1-2-18-8-7-14(17-18)16-15(19)12-9-11-5-3-4-6-13(11)20-10-12/h3-9H,2,10H2,1H3,(H,16,17,19). The molecule has 0 saturated carbocycles. The number of rotatable bonds is 3. The summed E-state index contributed by atoms with van der Waals surface area (Å²) in [6.45, 7) is 3.04. The van der Waals surface area contributed by atoms with E-state index in [0.29, 0.717) is 11.4 Å². The van der Waals surface area contributed by atoms with Crippen LogP contribution in [-0.2, 0) is 11.3 Å². The number of aryl methyl sites for hydroxylation is 1. The van der Waals surface area contributed by atoms with Crippen molar-refractivity contribution in [3.05, 3.63) is 47.7 Å². The zero-order chi connectivity index (χ0) is 13.9. The quantitative estimate of drug-likeness (QED) is 0.930. The van der Waals surface area contributed by atoms with Crippen LogP contribution in [0.15, 0.2) is 42.1 Å². The summed E-state index contributed by atoms with van der Waals surface area (Å²) in [6, 6.07) is 9.42. The molecule has 0 atom stereocenters. The summed E-state index contributed by atoms with van der Waals surface area (Å²) in [5.41, 5.74) is 1.51. The van der Waals surface area contributed by atoms with Gasteiger partial charge in [-0.05, 0) is 19.1 Å². The number of carbonyl (C=O) groups excluding carboxylic acids is 1. The lowest BCUT2D eigenvalue weighted by Crippen LogP contribution is -2.21. The zero-order valence-electron chi connectivity index (χ0n) is 11.2. The third-order valence-electron chi connectivity index (χ3n) is 3.13. The molecular weight excluding hydrogens is 254 g/mol. The largest absolute Gasteiger partial charge is 0.488 e. The molecule has 0 spiro atoms. The van der Waals surface area contributed by atoms with Gasteiger partial charge in [0.05, 0.1) is 5.57 Å². The van der Waals surface area contributed by atoms with Gasteiger partial charge in [-0.2, -0.15) is 5.10 Å². The first-order chi connectivity index (χ1) is 9.76. The molecule has 0 saturated heterocycles. The number of hydrogen-bond acceptors (Lipinski definition) is 3. The maximum Gasteiger partial charge on any atom is 0.256 e. The summed E-state index contributed by atoms with van der Waals surface area (Å²) in [7, 11) is 0. The average molecular weight is 269 g/mol. The summed E-state index contributed by atoms with van der Waals surface area (Å²) in [5.74, 6) is 1.18. The lowest BCUT2D eigenvalue weighted by molar-refractivity contribution is -0.113. The van der Waals surface area contributed by atoms with Crippen molar-refractivity contribution >= 4 is 17.8 Å². The van der Waals surface area contributed by atoms with Crippen molar-refractivity contribution in [3.8, 4) is 5.75 Å².